The Morgan fingerprint density at radius 1 is 1.16 bits per heavy atom. The Balaban J connectivity index is 2.23. The van der Waals surface area contributed by atoms with Crippen LogP contribution in [0.5, 0.6) is 0 Å². The molecule has 2 aromatic carbocycles. The maximum atomic E-state index is 14.0. The van der Waals surface area contributed by atoms with Crippen molar-refractivity contribution in [1.82, 2.24) is 10.2 Å². The van der Waals surface area contributed by atoms with Crippen LogP contribution in [0, 0.1) is 5.82 Å². The van der Waals surface area contributed by atoms with Crippen molar-refractivity contribution in [3.63, 3.8) is 0 Å². The second-order valence-electron chi connectivity index (χ2n) is 5.71. The van der Waals surface area contributed by atoms with E-state index in [1.54, 1.807) is 49.4 Å². The predicted octanol–water partition coefficient (Wildman–Crippen LogP) is 3.18. The van der Waals surface area contributed by atoms with Crippen molar-refractivity contribution in [3.8, 4) is 0 Å². The van der Waals surface area contributed by atoms with Crippen molar-refractivity contribution >= 4 is 23.4 Å². The van der Waals surface area contributed by atoms with E-state index in [4.69, 9.17) is 11.6 Å². The quantitative estimate of drug-likeness (QED) is 0.858. The van der Waals surface area contributed by atoms with Crippen LogP contribution in [0.4, 0.5) is 4.39 Å². The molecule has 0 spiro atoms. The molecular weight excluding hydrogens is 343 g/mol. The summed E-state index contributed by atoms with van der Waals surface area (Å²) in [5.41, 5.74) is 1.14. The fourth-order valence-electron chi connectivity index (χ4n) is 2.48. The molecule has 0 fully saturated rings. The van der Waals surface area contributed by atoms with Gasteiger partial charge in [-0.1, -0.05) is 41.9 Å². The summed E-state index contributed by atoms with van der Waals surface area (Å²) in [4.78, 5) is 26.2. The average Bonchev–Trinajstić information content (AvgIpc) is 2.61. The second kappa shape index (κ2) is 8.62. The molecule has 25 heavy (non-hydrogen) atoms. The molecule has 0 saturated carbocycles. The summed E-state index contributed by atoms with van der Waals surface area (Å²) < 4.78 is 14.0. The van der Waals surface area contributed by atoms with Crippen LogP contribution in [0.3, 0.4) is 0 Å². The highest BCUT2D eigenvalue weighted by Crippen LogP contribution is 2.16. The van der Waals surface area contributed by atoms with Gasteiger partial charge in [0, 0.05) is 24.2 Å². The molecule has 0 radical (unpaired) electrons. The first-order valence-electron chi connectivity index (χ1n) is 7.91. The van der Waals surface area contributed by atoms with Crippen LogP contribution >= 0.6 is 11.6 Å². The predicted molar refractivity (Wildman–Crippen MR) is 95.6 cm³/mol. The number of carbonyl (C=O) groups is 2. The van der Waals surface area contributed by atoms with Gasteiger partial charge in [0.2, 0.25) is 11.8 Å². The summed E-state index contributed by atoms with van der Waals surface area (Å²) in [7, 11) is 1.50. The highest BCUT2D eigenvalue weighted by Gasteiger charge is 2.26. The van der Waals surface area contributed by atoms with Gasteiger partial charge in [0.1, 0.15) is 11.9 Å². The monoisotopic (exact) mass is 362 g/mol. The lowest BCUT2D eigenvalue weighted by Crippen LogP contribution is -2.47. The van der Waals surface area contributed by atoms with E-state index in [1.165, 1.54) is 18.0 Å². The highest BCUT2D eigenvalue weighted by atomic mass is 35.5. The Hall–Kier alpha value is -2.40. The minimum absolute atomic E-state index is 0.0215. The number of carbonyl (C=O) groups excluding carboxylic acids is 2. The third-order valence-corrected chi connectivity index (χ3v) is 4.23. The first kappa shape index (κ1) is 18.9. The van der Waals surface area contributed by atoms with Crippen molar-refractivity contribution in [3.05, 3.63) is 70.5 Å². The zero-order valence-corrected chi connectivity index (χ0v) is 14.9. The maximum Gasteiger partial charge on any atom is 0.242 e. The second-order valence-corrected chi connectivity index (χ2v) is 6.14. The van der Waals surface area contributed by atoms with Gasteiger partial charge in [-0.3, -0.25) is 9.59 Å². The van der Waals surface area contributed by atoms with E-state index in [0.29, 0.717) is 10.6 Å². The molecule has 0 unspecified atom stereocenters. The molecule has 4 nitrogen and oxygen atoms in total. The normalized spacial score (nSPS) is 11.7. The molecule has 0 aromatic heterocycles. The summed E-state index contributed by atoms with van der Waals surface area (Å²) in [5.74, 6) is -0.974. The molecule has 0 bridgehead atoms. The molecule has 0 aliphatic rings. The zero-order chi connectivity index (χ0) is 18.4. The molecule has 2 aromatic rings. The molecule has 1 atom stereocenters. The number of halogens is 2. The molecule has 0 aliphatic carbocycles. The summed E-state index contributed by atoms with van der Waals surface area (Å²) >= 11 is 5.86. The van der Waals surface area contributed by atoms with Crippen molar-refractivity contribution in [2.24, 2.45) is 0 Å². The van der Waals surface area contributed by atoms with Gasteiger partial charge in [-0.2, -0.15) is 0 Å². The van der Waals surface area contributed by atoms with Crippen molar-refractivity contribution < 1.29 is 14.0 Å². The average molecular weight is 363 g/mol. The van der Waals surface area contributed by atoms with E-state index >= 15 is 0 Å². The Morgan fingerprint density at radius 3 is 2.40 bits per heavy atom. The van der Waals surface area contributed by atoms with Crippen molar-refractivity contribution in [2.75, 3.05) is 7.05 Å². The standard InChI is InChI=1S/C19H20ClFN2O2/c1-13(19(25)22-2)23(12-15-5-3-4-6-17(15)21)18(24)11-14-7-9-16(20)10-8-14/h3-10,13H,11-12H2,1-2H3,(H,22,25)/t13-/m1/s1. The minimum atomic E-state index is -0.718. The zero-order valence-electron chi connectivity index (χ0n) is 14.1. The van der Waals surface area contributed by atoms with E-state index in [1.807, 2.05) is 0 Å². The summed E-state index contributed by atoms with van der Waals surface area (Å²) in [6.07, 6.45) is 0.104. The molecule has 1 N–H and O–H groups in total. The largest absolute Gasteiger partial charge is 0.357 e. The number of likely N-dealkylation sites (N-methyl/N-ethyl adjacent to an activating group) is 1. The van der Waals surface area contributed by atoms with Crippen LogP contribution in [-0.4, -0.2) is 29.8 Å². The molecule has 6 heteroatoms. The first-order chi connectivity index (χ1) is 11.9. The number of amides is 2. The van der Waals surface area contributed by atoms with Gasteiger partial charge in [0.05, 0.1) is 6.42 Å². The summed E-state index contributed by atoms with van der Waals surface area (Å²) in [6.45, 7) is 1.65. The lowest BCUT2D eigenvalue weighted by molar-refractivity contribution is -0.139. The number of nitrogens with zero attached hydrogens (tertiary/aromatic N) is 1. The molecule has 132 valence electrons. The van der Waals surface area contributed by atoms with Gasteiger partial charge in [0.25, 0.3) is 0 Å². The van der Waals surface area contributed by atoms with Gasteiger partial charge in [0.15, 0.2) is 0 Å². The molecule has 0 heterocycles. The van der Waals surface area contributed by atoms with Crippen molar-refractivity contribution in [2.45, 2.75) is 25.9 Å². The lowest BCUT2D eigenvalue weighted by atomic mass is 10.1. The molecule has 2 rings (SSSR count). The van der Waals surface area contributed by atoms with Gasteiger partial charge in [-0.15, -0.1) is 0 Å². The Kier molecular flexibility index (Phi) is 6.53. The van der Waals surface area contributed by atoms with Crippen LogP contribution in [-0.2, 0) is 22.6 Å². The Morgan fingerprint density at radius 2 is 1.80 bits per heavy atom. The fourth-order valence-corrected chi connectivity index (χ4v) is 2.61. The Bertz CT molecular complexity index is 749. The number of hydrogen-bond acceptors (Lipinski definition) is 2. The van der Waals surface area contributed by atoms with E-state index < -0.39 is 11.9 Å². The van der Waals surface area contributed by atoms with Gasteiger partial charge in [-0.25, -0.2) is 4.39 Å². The topological polar surface area (TPSA) is 49.4 Å². The SMILES string of the molecule is CNC(=O)[C@@H](C)N(Cc1ccccc1F)C(=O)Cc1ccc(Cl)cc1. The third kappa shape index (κ3) is 5.03. The van der Waals surface area contributed by atoms with E-state index in [-0.39, 0.29) is 24.8 Å². The smallest absolute Gasteiger partial charge is 0.242 e. The molecular formula is C19H20ClFN2O2. The highest BCUT2D eigenvalue weighted by molar-refractivity contribution is 6.30. The van der Waals surface area contributed by atoms with Crippen LogP contribution in [0.1, 0.15) is 18.1 Å². The van der Waals surface area contributed by atoms with Gasteiger partial charge in [-0.05, 0) is 30.7 Å². The first-order valence-corrected chi connectivity index (χ1v) is 8.29. The van der Waals surface area contributed by atoms with Crippen LogP contribution < -0.4 is 5.32 Å². The van der Waals surface area contributed by atoms with Crippen LogP contribution in [0.15, 0.2) is 48.5 Å². The van der Waals surface area contributed by atoms with Gasteiger partial charge >= 0.3 is 0 Å². The van der Waals surface area contributed by atoms with E-state index in [2.05, 4.69) is 5.32 Å². The number of hydrogen-bond donors (Lipinski definition) is 1. The Labute approximate surface area is 151 Å². The van der Waals surface area contributed by atoms with Gasteiger partial charge < -0.3 is 10.2 Å². The maximum absolute atomic E-state index is 14.0. The summed E-state index contributed by atoms with van der Waals surface area (Å²) in [5, 5.41) is 3.11. The van der Waals surface area contributed by atoms with E-state index in [9.17, 15) is 14.0 Å². The van der Waals surface area contributed by atoms with E-state index in [0.717, 1.165) is 5.56 Å². The van der Waals surface area contributed by atoms with Crippen LogP contribution in [0.25, 0.3) is 0 Å². The molecule has 0 saturated heterocycles. The number of benzene rings is 2. The van der Waals surface area contributed by atoms with Crippen molar-refractivity contribution in [1.29, 1.82) is 0 Å². The number of nitrogens with one attached hydrogen (secondary N) is 1. The summed E-state index contributed by atoms with van der Waals surface area (Å²) in [6, 6.07) is 12.4. The fraction of sp³-hybridized carbons (Fsp3) is 0.263. The lowest BCUT2D eigenvalue weighted by Gasteiger charge is -2.28. The molecule has 0 aliphatic heterocycles. The third-order valence-electron chi connectivity index (χ3n) is 3.98. The van der Waals surface area contributed by atoms with Crippen LogP contribution in [0.2, 0.25) is 5.02 Å². The minimum Gasteiger partial charge on any atom is -0.357 e. The number of rotatable bonds is 6. The molecule has 2 amide bonds.